The molecule has 0 fully saturated rings. The van der Waals surface area contributed by atoms with Crippen LogP contribution in [0.2, 0.25) is 5.02 Å². The third-order valence-electron chi connectivity index (χ3n) is 3.44. The van der Waals surface area contributed by atoms with Crippen LogP contribution in [0.15, 0.2) is 53.0 Å². The van der Waals surface area contributed by atoms with Crippen LogP contribution in [0.4, 0.5) is 0 Å². The van der Waals surface area contributed by atoms with Gasteiger partial charge in [0.15, 0.2) is 0 Å². The number of benzene rings is 2. The smallest absolute Gasteiger partial charge is 0.0409 e. The summed E-state index contributed by atoms with van der Waals surface area (Å²) in [6.07, 6.45) is 0.924. The van der Waals surface area contributed by atoms with Crippen molar-refractivity contribution in [2.24, 2.45) is 5.73 Å². The molecule has 2 nitrogen and oxygen atoms in total. The predicted molar refractivity (Wildman–Crippen MR) is 93.5 cm³/mol. The molecule has 112 valence electrons. The van der Waals surface area contributed by atoms with E-state index in [-0.39, 0.29) is 6.04 Å². The van der Waals surface area contributed by atoms with Crippen LogP contribution in [0.25, 0.3) is 0 Å². The molecule has 1 unspecified atom stereocenters. The van der Waals surface area contributed by atoms with Crippen LogP contribution in [0.3, 0.4) is 0 Å². The fourth-order valence-corrected chi connectivity index (χ4v) is 2.92. The lowest BCUT2D eigenvalue weighted by Crippen LogP contribution is -2.23. The van der Waals surface area contributed by atoms with E-state index in [1.54, 1.807) is 0 Å². The summed E-state index contributed by atoms with van der Waals surface area (Å²) in [6.45, 7) is 1.83. The molecule has 0 aliphatic rings. The molecular weight excluding hydrogens is 348 g/mol. The Hall–Kier alpha value is -0.870. The molecule has 0 bridgehead atoms. The SMILES string of the molecule is CN(CCC(N)c1cccc(Br)c1)Cc1cccc(Cl)c1. The highest BCUT2D eigenvalue weighted by molar-refractivity contribution is 9.10. The van der Waals surface area contributed by atoms with Crippen molar-refractivity contribution >= 4 is 27.5 Å². The van der Waals surface area contributed by atoms with Crippen LogP contribution >= 0.6 is 27.5 Å². The molecule has 2 aromatic carbocycles. The van der Waals surface area contributed by atoms with Gasteiger partial charge in [-0.2, -0.15) is 0 Å². The Balaban J connectivity index is 1.85. The standard InChI is InChI=1S/C17H20BrClN2/c1-21(12-13-4-2-7-16(19)10-13)9-8-17(20)14-5-3-6-15(18)11-14/h2-7,10-11,17H,8-9,12,20H2,1H3. The van der Waals surface area contributed by atoms with E-state index in [9.17, 15) is 0 Å². The Morgan fingerprint density at radius 2 is 1.95 bits per heavy atom. The molecule has 0 aromatic heterocycles. The average Bonchev–Trinajstić information content (AvgIpc) is 2.45. The Bertz CT molecular complexity index is 589. The normalized spacial score (nSPS) is 12.6. The van der Waals surface area contributed by atoms with Gasteiger partial charge in [-0.1, -0.05) is 51.8 Å². The molecule has 21 heavy (non-hydrogen) atoms. The van der Waals surface area contributed by atoms with Gasteiger partial charge in [-0.15, -0.1) is 0 Å². The van der Waals surface area contributed by atoms with Crippen molar-refractivity contribution in [3.05, 3.63) is 69.2 Å². The lowest BCUT2D eigenvalue weighted by molar-refractivity contribution is 0.311. The van der Waals surface area contributed by atoms with E-state index >= 15 is 0 Å². The first-order valence-corrected chi connectivity index (χ1v) is 8.16. The number of nitrogens with zero attached hydrogens (tertiary/aromatic N) is 1. The quantitative estimate of drug-likeness (QED) is 0.807. The van der Waals surface area contributed by atoms with Crippen molar-refractivity contribution in [3.63, 3.8) is 0 Å². The maximum atomic E-state index is 6.26. The molecule has 0 aliphatic heterocycles. The van der Waals surface area contributed by atoms with Crippen molar-refractivity contribution in [1.29, 1.82) is 0 Å². The van der Waals surface area contributed by atoms with Crippen molar-refractivity contribution in [3.8, 4) is 0 Å². The van der Waals surface area contributed by atoms with Crippen LogP contribution < -0.4 is 5.73 Å². The number of nitrogens with two attached hydrogens (primary N) is 1. The lowest BCUT2D eigenvalue weighted by Gasteiger charge is -2.20. The van der Waals surface area contributed by atoms with E-state index in [4.69, 9.17) is 17.3 Å². The fraction of sp³-hybridized carbons (Fsp3) is 0.294. The van der Waals surface area contributed by atoms with Crippen molar-refractivity contribution in [2.75, 3.05) is 13.6 Å². The van der Waals surface area contributed by atoms with Crippen molar-refractivity contribution in [2.45, 2.75) is 19.0 Å². The fourth-order valence-electron chi connectivity index (χ4n) is 2.29. The van der Waals surface area contributed by atoms with Gasteiger partial charge in [0.2, 0.25) is 0 Å². The van der Waals surface area contributed by atoms with Gasteiger partial charge in [0.05, 0.1) is 0 Å². The first kappa shape index (κ1) is 16.5. The van der Waals surface area contributed by atoms with E-state index in [2.05, 4.69) is 46.1 Å². The molecule has 4 heteroatoms. The zero-order valence-corrected chi connectivity index (χ0v) is 14.4. The molecule has 2 aromatic rings. The molecule has 0 saturated carbocycles. The second-order valence-corrected chi connectivity index (χ2v) is 6.67. The van der Waals surface area contributed by atoms with Crippen LogP contribution in [-0.2, 0) is 6.54 Å². The molecule has 0 heterocycles. The summed E-state index contributed by atoms with van der Waals surface area (Å²) in [7, 11) is 2.11. The van der Waals surface area contributed by atoms with Crippen LogP contribution in [0, 0.1) is 0 Å². The third kappa shape index (κ3) is 5.44. The highest BCUT2D eigenvalue weighted by Gasteiger charge is 2.08. The highest BCUT2D eigenvalue weighted by atomic mass is 79.9. The maximum absolute atomic E-state index is 6.26. The van der Waals surface area contributed by atoms with E-state index in [1.165, 1.54) is 11.1 Å². The zero-order chi connectivity index (χ0) is 15.2. The van der Waals surface area contributed by atoms with Crippen molar-refractivity contribution < 1.29 is 0 Å². The highest BCUT2D eigenvalue weighted by Crippen LogP contribution is 2.19. The van der Waals surface area contributed by atoms with Gasteiger partial charge >= 0.3 is 0 Å². The zero-order valence-electron chi connectivity index (χ0n) is 12.1. The lowest BCUT2D eigenvalue weighted by atomic mass is 10.0. The van der Waals surface area contributed by atoms with E-state index in [0.717, 1.165) is 29.0 Å². The van der Waals surface area contributed by atoms with Crippen LogP contribution in [0.5, 0.6) is 0 Å². The summed E-state index contributed by atoms with van der Waals surface area (Å²) in [5, 5.41) is 0.784. The minimum absolute atomic E-state index is 0.0595. The first-order chi connectivity index (χ1) is 10.0. The molecule has 0 aliphatic carbocycles. The summed E-state index contributed by atoms with van der Waals surface area (Å²) in [6, 6.07) is 16.2. The summed E-state index contributed by atoms with van der Waals surface area (Å²) >= 11 is 9.49. The topological polar surface area (TPSA) is 29.3 Å². The van der Waals surface area contributed by atoms with Gasteiger partial charge in [0, 0.05) is 22.1 Å². The molecule has 2 rings (SSSR count). The van der Waals surface area contributed by atoms with Gasteiger partial charge in [-0.05, 0) is 55.4 Å². The molecular formula is C17H20BrClN2. The second-order valence-electron chi connectivity index (χ2n) is 5.32. The van der Waals surface area contributed by atoms with E-state index in [1.807, 2.05) is 30.3 Å². The van der Waals surface area contributed by atoms with Crippen LogP contribution in [0.1, 0.15) is 23.6 Å². The largest absolute Gasteiger partial charge is 0.324 e. The Kier molecular flexibility index (Phi) is 6.24. The maximum Gasteiger partial charge on any atom is 0.0409 e. The average molecular weight is 368 g/mol. The number of halogens is 2. The van der Waals surface area contributed by atoms with Gasteiger partial charge in [0.25, 0.3) is 0 Å². The minimum atomic E-state index is 0.0595. The first-order valence-electron chi connectivity index (χ1n) is 6.98. The Labute approximate surface area is 140 Å². The summed E-state index contributed by atoms with van der Waals surface area (Å²) in [4.78, 5) is 2.27. The van der Waals surface area contributed by atoms with E-state index < -0.39 is 0 Å². The molecule has 0 saturated heterocycles. The molecule has 0 amide bonds. The van der Waals surface area contributed by atoms with E-state index in [0.29, 0.717) is 0 Å². The Morgan fingerprint density at radius 1 is 1.19 bits per heavy atom. The molecule has 2 N–H and O–H groups in total. The predicted octanol–water partition coefficient (Wildman–Crippen LogP) is 4.62. The number of hydrogen-bond acceptors (Lipinski definition) is 2. The summed E-state index contributed by atoms with van der Waals surface area (Å²) in [5.41, 5.74) is 8.65. The summed E-state index contributed by atoms with van der Waals surface area (Å²) in [5.74, 6) is 0. The van der Waals surface area contributed by atoms with Gasteiger partial charge < -0.3 is 10.6 Å². The number of rotatable bonds is 6. The van der Waals surface area contributed by atoms with Gasteiger partial charge in [0.1, 0.15) is 0 Å². The third-order valence-corrected chi connectivity index (χ3v) is 4.17. The Morgan fingerprint density at radius 3 is 2.67 bits per heavy atom. The molecule has 1 atom stereocenters. The molecule has 0 spiro atoms. The van der Waals surface area contributed by atoms with Gasteiger partial charge in [-0.3, -0.25) is 0 Å². The van der Waals surface area contributed by atoms with Crippen LogP contribution in [-0.4, -0.2) is 18.5 Å². The molecule has 0 radical (unpaired) electrons. The van der Waals surface area contributed by atoms with Crippen molar-refractivity contribution in [1.82, 2.24) is 4.90 Å². The monoisotopic (exact) mass is 366 g/mol. The minimum Gasteiger partial charge on any atom is -0.324 e. The second kappa shape index (κ2) is 7.95. The summed E-state index contributed by atoms with van der Waals surface area (Å²) < 4.78 is 1.07. The van der Waals surface area contributed by atoms with Gasteiger partial charge in [-0.25, -0.2) is 0 Å². The number of hydrogen-bond donors (Lipinski definition) is 1.